The molecule has 0 saturated carbocycles. The number of thiophene rings is 1. The Morgan fingerprint density at radius 3 is 2.72 bits per heavy atom. The maximum Gasteiger partial charge on any atom is 0.471 e. The van der Waals surface area contributed by atoms with Crippen molar-refractivity contribution in [3.05, 3.63) is 21.9 Å². The monoisotopic (exact) mass is 280 g/mol. The minimum Gasteiger partial charge on any atom is -0.411 e. The van der Waals surface area contributed by atoms with Crippen molar-refractivity contribution in [1.82, 2.24) is 5.32 Å². The molecule has 0 spiro atoms. The lowest BCUT2D eigenvalue weighted by Crippen LogP contribution is -2.42. The number of hydrogen-bond donors (Lipinski definition) is 3. The summed E-state index contributed by atoms with van der Waals surface area (Å²) in [5.74, 6) is -2.15. The third-order valence-electron chi connectivity index (χ3n) is 2.51. The minimum atomic E-state index is -5.03. The van der Waals surface area contributed by atoms with Crippen molar-refractivity contribution in [1.29, 1.82) is 0 Å². The zero-order valence-electron chi connectivity index (χ0n) is 8.60. The number of nitrogens with zero attached hydrogens (tertiary/aromatic N) is 1. The summed E-state index contributed by atoms with van der Waals surface area (Å²) in [6, 6.07) is 0.203. The normalized spacial score (nSPS) is 25.2. The molecule has 5 nitrogen and oxygen atoms in total. The van der Waals surface area contributed by atoms with E-state index >= 15 is 0 Å². The van der Waals surface area contributed by atoms with Crippen LogP contribution in [0.3, 0.4) is 0 Å². The summed E-state index contributed by atoms with van der Waals surface area (Å²) in [6.07, 6.45) is -6.53. The van der Waals surface area contributed by atoms with Crippen LogP contribution < -0.4 is 5.32 Å². The molecular weight excluding hydrogens is 273 g/mol. The van der Waals surface area contributed by atoms with Crippen LogP contribution in [0.25, 0.3) is 0 Å². The fraction of sp³-hybridized carbons (Fsp3) is 0.333. The summed E-state index contributed by atoms with van der Waals surface area (Å²) in [7, 11) is 0. The van der Waals surface area contributed by atoms with Crippen LogP contribution in [0.15, 0.2) is 16.6 Å². The molecule has 0 radical (unpaired) electrons. The molecule has 1 amide bonds. The summed E-state index contributed by atoms with van der Waals surface area (Å²) in [4.78, 5) is 11.2. The zero-order chi connectivity index (χ0) is 13.5. The fourth-order valence-electron chi connectivity index (χ4n) is 1.72. The lowest BCUT2D eigenvalue weighted by molar-refractivity contribution is -0.174. The van der Waals surface area contributed by atoms with Crippen LogP contribution in [-0.2, 0) is 4.79 Å². The van der Waals surface area contributed by atoms with E-state index in [1.807, 2.05) is 0 Å². The number of alkyl halides is 3. The van der Waals surface area contributed by atoms with Gasteiger partial charge in [-0.3, -0.25) is 4.79 Å². The van der Waals surface area contributed by atoms with Crippen LogP contribution in [0.2, 0.25) is 0 Å². The average Bonchev–Trinajstić information content (AvgIpc) is 2.81. The molecule has 2 atom stereocenters. The summed E-state index contributed by atoms with van der Waals surface area (Å²) >= 11 is 1.10. The number of amides is 1. The molecule has 1 aliphatic carbocycles. The Bertz CT molecular complexity index is 511. The molecule has 98 valence electrons. The van der Waals surface area contributed by atoms with Crippen molar-refractivity contribution in [3.63, 3.8) is 0 Å². The van der Waals surface area contributed by atoms with Gasteiger partial charge in [-0.25, -0.2) is 0 Å². The Kier molecular flexibility index (Phi) is 3.03. The van der Waals surface area contributed by atoms with Gasteiger partial charge in [-0.15, -0.1) is 11.3 Å². The number of aliphatic hydroxyl groups is 1. The average molecular weight is 280 g/mol. The predicted octanol–water partition coefficient (Wildman–Crippen LogP) is 1.02. The van der Waals surface area contributed by atoms with Gasteiger partial charge in [0.2, 0.25) is 0 Å². The second-order valence-electron chi connectivity index (χ2n) is 3.58. The Labute approximate surface area is 103 Å². The first-order chi connectivity index (χ1) is 8.36. The minimum absolute atomic E-state index is 0.146. The molecule has 9 heteroatoms. The molecule has 1 heterocycles. The molecule has 2 unspecified atom stereocenters. The van der Waals surface area contributed by atoms with Crippen LogP contribution >= 0.6 is 11.3 Å². The van der Waals surface area contributed by atoms with Gasteiger partial charge in [0, 0.05) is 0 Å². The molecule has 0 aromatic carbocycles. The molecule has 2 rings (SSSR count). The Balaban J connectivity index is 2.29. The number of aliphatic hydroxyl groups excluding tert-OH is 1. The van der Waals surface area contributed by atoms with E-state index in [9.17, 15) is 23.1 Å². The van der Waals surface area contributed by atoms with Gasteiger partial charge in [0.1, 0.15) is 11.8 Å². The molecule has 1 aromatic rings. The van der Waals surface area contributed by atoms with E-state index < -0.39 is 24.2 Å². The Hall–Kier alpha value is -1.61. The van der Waals surface area contributed by atoms with E-state index in [4.69, 9.17) is 5.21 Å². The summed E-state index contributed by atoms with van der Waals surface area (Å²) in [5, 5.41) is 24.5. The summed E-state index contributed by atoms with van der Waals surface area (Å²) in [5.41, 5.74) is 0.158. The van der Waals surface area contributed by atoms with E-state index in [0.717, 1.165) is 11.3 Å². The number of hydrogen-bond acceptors (Lipinski definition) is 5. The number of fused-ring (bicyclic) bond motifs is 1. The second-order valence-corrected chi connectivity index (χ2v) is 4.50. The number of rotatable bonds is 1. The highest BCUT2D eigenvalue weighted by Gasteiger charge is 2.45. The Morgan fingerprint density at radius 1 is 1.50 bits per heavy atom. The van der Waals surface area contributed by atoms with Crippen LogP contribution in [-0.4, -0.2) is 34.2 Å². The maximum absolute atomic E-state index is 12.1. The molecule has 1 aliphatic rings. The summed E-state index contributed by atoms with van der Waals surface area (Å²) < 4.78 is 36.4. The van der Waals surface area contributed by atoms with Crippen LogP contribution in [0, 0.1) is 0 Å². The van der Waals surface area contributed by atoms with E-state index in [-0.39, 0.29) is 5.71 Å². The van der Waals surface area contributed by atoms with Crippen molar-refractivity contribution < 1.29 is 28.3 Å². The van der Waals surface area contributed by atoms with Crippen LogP contribution in [0.4, 0.5) is 13.2 Å². The van der Waals surface area contributed by atoms with Gasteiger partial charge in [0.05, 0.1) is 10.9 Å². The van der Waals surface area contributed by atoms with Gasteiger partial charge < -0.3 is 15.6 Å². The molecule has 0 saturated heterocycles. The SMILES string of the molecule is O=C(NC1c2ccsc2/C(=N/O)C1O)C(F)(F)F. The van der Waals surface area contributed by atoms with Crippen LogP contribution in [0.5, 0.6) is 0 Å². The lowest BCUT2D eigenvalue weighted by atomic mass is 10.1. The number of carbonyl (C=O) groups is 1. The van der Waals surface area contributed by atoms with Gasteiger partial charge >= 0.3 is 12.1 Å². The molecule has 3 N–H and O–H groups in total. The van der Waals surface area contributed by atoms with Crippen molar-refractivity contribution in [2.45, 2.75) is 18.3 Å². The van der Waals surface area contributed by atoms with E-state index in [1.165, 1.54) is 6.07 Å². The smallest absolute Gasteiger partial charge is 0.411 e. The third kappa shape index (κ3) is 1.95. The first-order valence-electron chi connectivity index (χ1n) is 4.71. The van der Waals surface area contributed by atoms with Gasteiger partial charge in [0.15, 0.2) is 0 Å². The number of oxime groups is 1. The van der Waals surface area contributed by atoms with Crippen molar-refractivity contribution in [2.24, 2.45) is 5.16 Å². The van der Waals surface area contributed by atoms with Crippen molar-refractivity contribution in [2.75, 3.05) is 0 Å². The van der Waals surface area contributed by atoms with E-state index in [0.29, 0.717) is 10.4 Å². The van der Waals surface area contributed by atoms with Crippen LogP contribution in [0.1, 0.15) is 16.5 Å². The summed E-state index contributed by atoms with van der Waals surface area (Å²) in [6.45, 7) is 0. The zero-order valence-corrected chi connectivity index (χ0v) is 9.42. The highest BCUT2D eigenvalue weighted by Crippen LogP contribution is 2.36. The number of halogens is 3. The standard InChI is InChI=1S/C9H7F3N2O3S/c10-9(11,12)8(16)13-4-3-1-2-18-7(3)5(14-17)6(4)15/h1-2,4,6,15,17H,(H,13,16)/b14-5+. The van der Waals surface area contributed by atoms with Gasteiger partial charge in [0.25, 0.3) is 0 Å². The van der Waals surface area contributed by atoms with Crippen molar-refractivity contribution >= 4 is 23.0 Å². The topological polar surface area (TPSA) is 81.9 Å². The van der Waals surface area contributed by atoms with Gasteiger partial charge in [-0.05, 0) is 17.0 Å². The molecule has 0 bridgehead atoms. The van der Waals surface area contributed by atoms with E-state index in [2.05, 4.69) is 5.16 Å². The maximum atomic E-state index is 12.1. The largest absolute Gasteiger partial charge is 0.471 e. The highest BCUT2D eigenvalue weighted by molar-refractivity contribution is 7.12. The first-order valence-corrected chi connectivity index (χ1v) is 5.59. The number of nitrogens with one attached hydrogen (secondary N) is 1. The number of carbonyl (C=O) groups excluding carboxylic acids is 1. The predicted molar refractivity (Wildman–Crippen MR) is 55.6 cm³/mol. The van der Waals surface area contributed by atoms with Gasteiger partial charge in [-0.2, -0.15) is 13.2 Å². The highest BCUT2D eigenvalue weighted by atomic mass is 32.1. The second kappa shape index (κ2) is 4.25. The molecular formula is C9H7F3N2O3S. The first kappa shape index (κ1) is 12.8. The quantitative estimate of drug-likeness (QED) is 0.530. The molecule has 1 aromatic heterocycles. The molecule has 0 fully saturated rings. The Morgan fingerprint density at radius 2 is 2.17 bits per heavy atom. The molecule has 18 heavy (non-hydrogen) atoms. The van der Waals surface area contributed by atoms with E-state index in [1.54, 1.807) is 10.7 Å². The van der Waals surface area contributed by atoms with Gasteiger partial charge in [-0.1, -0.05) is 5.16 Å². The lowest BCUT2D eigenvalue weighted by Gasteiger charge is -2.18. The molecule has 0 aliphatic heterocycles. The third-order valence-corrected chi connectivity index (χ3v) is 3.46. The van der Waals surface area contributed by atoms with Crippen molar-refractivity contribution in [3.8, 4) is 0 Å². The fourth-order valence-corrected chi connectivity index (χ4v) is 2.68.